The fourth-order valence-corrected chi connectivity index (χ4v) is 2.80. The highest BCUT2D eigenvalue weighted by molar-refractivity contribution is 5.41. The normalized spacial score (nSPS) is 13.5. The summed E-state index contributed by atoms with van der Waals surface area (Å²) in [7, 11) is 0. The zero-order chi connectivity index (χ0) is 15.6. The molecule has 0 spiro atoms. The van der Waals surface area contributed by atoms with Crippen LogP contribution in [0.5, 0.6) is 0 Å². The van der Waals surface area contributed by atoms with Gasteiger partial charge in [0.1, 0.15) is 5.60 Å². The van der Waals surface area contributed by atoms with Gasteiger partial charge in [0.05, 0.1) is 0 Å². The molecule has 3 N–H and O–H groups in total. The molecule has 0 unspecified atom stereocenters. The molecule has 2 nitrogen and oxygen atoms in total. The predicted molar refractivity (Wildman–Crippen MR) is 88.2 cm³/mol. The van der Waals surface area contributed by atoms with E-state index < -0.39 is 5.60 Å². The molecular weight excluding hydrogens is 258 g/mol. The van der Waals surface area contributed by atoms with Crippen molar-refractivity contribution in [3.8, 4) is 0 Å². The van der Waals surface area contributed by atoms with Gasteiger partial charge in [0.25, 0.3) is 0 Å². The molecular formula is C19H25NO. The summed E-state index contributed by atoms with van der Waals surface area (Å²) in [4.78, 5) is 0. The number of aliphatic hydroxyl groups is 1. The van der Waals surface area contributed by atoms with Crippen LogP contribution in [0, 0.1) is 19.8 Å². The van der Waals surface area contributed by atoms with Gasteiger partial charge in [-0.25, -0.2) is 0 Å². The van der Waals surface area contributed by atoms with E-state index in [1.54, 1.807) is 0 Å². The Morgan fingerprint density at radius 1 is 0.905 bits per heavy atom. The van der Waals surface area contributed by atoms with Crippen molar-refractivity contribution in [1.29, 1.82) is 0 Å². The van der Waals surface area contributed by atoms with Crippen LogP contribution in [0.2, 0.25) is 0 Å². The summed E-state index contributed by atoms with van der Waals surface area (Å²) in [6.07, 6.45) is 0. The van der Waals surface area contributed by atoms with E-state index in [2.05, 4.69) is 0 Å². The molecule has 0 saturated heterocycles. The monoisotopic (exact) mass is 283 g/mol. The Hall–Kier alpha value is -1.64. The lowest BCUT2D eigenvalue weighted by Crippen LogP contribution is -2.49. The second-order valence-corrected chi connectivity index (χ2v) is 6.28. The Kier molecular flexibility index (Phi) is 4.50. The van der Waals surface area contributed by atoms with Crippen molar-refractivity contribution in [2.24, 2.45) is 11.7 Å². The highest BCUT2D eigenvalue weighted by Gasteiger charge is 2.39. The predicted octanol–water partition coefficient (Wildman–Crippen LogP) is 3.52. The topological polar surface area (TPSA) is 46.2 Å². The van der Waals surface area contributed by atoms with Crippen molar-refractivity contribution in [3.05, 3.63) is 70.8 Å². The summed E-state index contributed by atoms with van der Waals surface area (Å²) in [6, 6.07) is 15.6. The molecule has 0 fully saturated rings. The molecule has 1 atom stereocenters. The summed E-state index contributed by atoms with van der Waals surface area (Å²) in [5.41, 5.74) is 9.19. The molecule has 2 aromatic rings. The van der Waals surface area contributed by atoms with Gasteiger partial charge >= 0.3 is 0 Å². The van der Waals surface area contributed by atoms with Gasteiger partial charge in [-0.1, -0.05) is 73.5 Å². The van der Waals surface area contributed by atoms with Crippen molar-refractivity contribution in [3.63, 3.8) is 0 Å². The molecule has 0 aliphatic heterocycles. The molecule has 112 valence electrons. The van der Waals surface area contributed by atoms with Crippen LogP contribution in [0.4, 0.5) is 0 Å². The fraction of sp³-hybridized carbons (Fsp3) is 0.368. The maximum atomic E-state index is 11.5. The maximum Gasteiger partial charge on any atom is 0.130 e. The van der Waals surface area contributed by atoms with E-state index in [-0.39, 0.29) is 12.0 Å². The third kappa shape index (κ3) is 3.02. The van der Waals surface area contributed by atoms with Gasteiger partial charge in [-0.15, -0.1) is 0 Å². The first-order valence-corrected chi connectivity index (χ1v) is 7.48. The van der Waals surface area contributed by atoms with Gasteiger partial charge in [0, 0.05) is 6.04 Å². The minimum atomic E-state index is -1.17. The van der Waals surface area contributed by atoms with Crippen LogP contribution in [0.15, 0.2) is 48.5 Å². The summed E-state index contributed by atoms with van der Waals surface area (Å²) in [5, 5.41) is 11.5. The Balaban J connectivity index is 2.65. The molecule has 0 aliphatic rings. The van der Waals surface area contributed by atoms with Crippen LogP contribution in [-0.2, 0) is 5.60 Å². The van der Waals surface area contributed by atoms with Gasteiger partial charge in [-0.05, 0) is 30.9 Å². The van der Waals surface area contributed by atoms with Gasteiger partial charge in [0.2, 0.25) is 0 Å². The molecule has 0 aliphatic carbocycles. The van der Waals surface area contributed by atoms with Crippen LogP contribution in [0.25, 0.3) is 0 Å². The number of aryl methyl sites for hydroxylation is 2. The Morgan fingerprint density at radius 2 is 1.33 bits per heavy atom. The largest absolute Gasteiger partial charge is 0.379 e. The molecule has 0 heterocycles. The highest BCUT2D eigenvalue weighted by atomic mass is 16.3. The standard InChI is InChI=1S/C19H25NO/c1-13(2)18(20)19(21,16-9-5-7-14(3)11-16)17-10-6-8-15(4)12-17/h5-13,18,21H,20H2,1-4H3/t18-/m1/s1. The van der Waals surface area contributed by atoms with E-state index in [0.29, 0.717) is 0 Å². The van der Waals surface area contributed by atoms with Crippen molar-refractivity contribution < 1.29 is 5.11 Å². The molecule has 2 rings (SSSR count). The number of hydrogen-bond donors (Lipinski definition) is 2. The zero-order valence-corrected chi connectivity index (χ0v) is 13.3. The van der Waals surface area contributed by atoms with Crippen molar-refractivity contribution in [2.45, 2.75) is 39.3 Å². The van der Waals surface area contributed by atoms with Gasteiger partial charge in [0.15, 0.2) is 0 Å². The van der Waals surface area contributed by atoms with Gasteiger partial charge in [-0.3, -0.25) is 0 Å². The van der Waals surface area contributed by atoms with Crippen LogP contribution in [0.1, 0.15) is 36.1 Å². The first-order valence-electron chi connectivity index (χ1n) is 7.48. The summed E-state index contributed by atoms with van der Waals surface area (Å²) >= 11 is 0. The minimum absolute atomic E-state index is 0.163. The number of rotatable bonds is 4. The second kappa shape index (κ2) is 6.00. The zero-order valence-electron chi connectivity index (χ0n) is 13.3. The SMILES string of the molecule is Cc1cccc(C(O)(c2cccc(C)c2)[C@H](N)C(C)C)c1. The van der Waals surface area contributed by atoms with E-state index in [1.165, 1.54) is 0 Å². The minimum Gasteiger partial charge on any atom is -0.379 e. The van der Waals surface area contributed by atoms with Crippen LogP contribution < -0.4 is 5.73 Å². The molecule has 21 heavy (non-hydrogen) atoms. The molecule has 2 heteroatoms. The van der Waals surface area contributed by atoms with Crippen LogP contribution >= 0.6 is 0 Å². The molecule has 0 aromatic heterocycles. The smallest absolute Gasteiger partial charge is 0.130 e. The summed E-state index contributed by atoms with van der Waals surface area (Å²) in [5.74, 6) is 0.163. The third-order valence-electron chi connectivity index (χ3n) is 4.12. The highest BCUT2D eigenvalue weighted by Crippen LogP contribution is 2.35. The lowest BCUT2D eigenvalue weighted by Gasteiger charge is -2.37. The maximum absolute atomic E-state index is 11.5. The lowest BCUT2D eigenvalue weighted by molar-refractivity contribution is 0.0352. The molecule has 0 saturated carbocycles. The number of benzene rings is 2. The molecule has 0 amide bonds. The fourth-order valence-electron chi connectivity index (χ4n) is 2.80. The van der Waals surface area contributed by atoms with Crippen molar-refractivity contribution in [1.82, 2.24) is 0 Å². The van der Waals surface area contributed by atoms with Crippen molar-refractivity contribution in [2.75, 3.05) is 0 Å². The Morgan fingerprint density at radius 3 is 1.67 bits per heavy atom. The first kappa shape index (κ1) is 15.7. The van der Waals surface area contributed by atoms with E-state index in [4.69, 9.17) is 5.73 Å². The first-order chi connectivity index (χ1) is 9.85. The van der Waals surface area contributed by atoms with Crippen molar-refractivity contribution >= 4 is 0 Å². The quantitative estimate of drug-likeness (QED) is 0.902. The van der Waals surface area contributed by atoms with E-state index in [1.807, 2.05) is 76.2 Å². The van der Waals surface area contributed by atoms with E-state index >= 15 is 0 Å². The average molecular weight is 283 g/mol. The summed E-state index contributed by atoms with van der Waals surface area (Å²) in [6.45, 7) is 8.14. The number of nitrogens with two attached hydrogens (primary N) is 1. The lowest BCUT2D eigenvalue weighted by atomic mass is 9.76. The van der Waals surface area contributed by atoms with E-state index in [0.717, 1.165) is 22.3 Å². The van der Waals surface area contributed by atoms with E-state index in [9.17, 15) is 5.11 Å². The second-order valence-electron chi connectivity index (χ2n) is 6.28. The molecule has 2 aromatic carbocycles. The Labute approximate surface area is 127 Å². The Bertz CT molecular complexity index is 573. The third-order valence-corrected chi connectivity index (χ3v) is 4.12. The van der Waals surface area contributed by atoms with Crippen LogP contribution in [0.3, 0.4) is 0 Å². The van der Waals surface area contributed by atoms with Gasteiger partial charge in [-0.2, -0.15) is 0 Å². The number of hydrogen-bond acceptors (Lipinski definition) is 2. The van der Waals surface area contributed by atoms with Crippen LogP contribution in [-0.4, -0.2) is 11.1 Å². The molecule has 0 bridgehead atoms. The average Bonchev–Trinajstić information content (AvgIpc) is 2.45. The molecule has 0 radical (unpaired) electrons. The van der Waals surface area contributed by atoms with Gasteiger partial charge < -0.3 is 10.8 Å². The summed E-state index contributed by atoms with van der Waals surface area (Å²) < 4.78 is 0.